The van der Waals surface area contributed by atoms with E-state index in [1.807, 2.05) is 0 Å². The standard InChI is InChI=1S/C16H31NO9/c1-7-10(19)12(21)9(6-18)25-15(7)26-14-11(20)8(2)24-16(13(14)22)23-5-3-4-17/h7-16,18-22H,3-6,17H2,1-2H3/t7?,8?,9?,10-,11+,12+,13?,14+,15-,16-/m1/s1. The molecule has 0 radical (unpaired) electrons. The maximum atomic E-state index is 10.5. The first-order valence-corrected chi connectivity index (χ1v) is 8.93. The molecule has 2 rings (SSSR count). The molecule has 2 fully saturated rings. The van der Waals surface area contributed by atoms with Crippen LogP contribution in [0.2, 0.25) is 0 Å². The van der Waals surface area contributed by atoms with Gasteiger partial charge in [0.05, 0.1) is 25.4 Å². The van der Waals surface area contributed by atoms with Crippen molar-refractivity contribution in [3.8, 4) is 0 Å². The second-order valence-electron chi connectivity index (χ2n) is 6.87. The molecule has 0 aromatic heterocycles. The monoisotopic (exact) mass is 381 g/mol. The van der Waals surface area contributed by atoms with E-state index in [2.05, 4.69) is 0 Å². The molecule has 2 saturated heterocycles. The summed E-state index contributed by atoms with van der Waals surface area (Å²) in [7, 11) is 0. The highest BCUT2D eigenvalue weighted by atomic mass is 16.7. The molecule has 10 atom stereocenters. The van der Waals surface area contributed by atoms with E-state index in [9.17, 15) is 25.5 Å². The highest BCUT2D eigenvalue weighted by Gasteiger charge is 2.49. The van der Waals surface area contributed by atoms with Crippen LogP contribution in [0.1, 0.15) is 20.3 Å². The first-order chi connectivity index (χ1) is 12.3. The van der Waals surface area contributed by atoms with E-state index in [4.69, 9.17) is 24.7 Å². The summed E-state index contributed by atoms with van der Waals surface area (Å²) in [5.74, 6) is -0.651. The predicted octanol–water partition coefficient (Wildman–Crippen LogP) is -2.72. The summed E-state index contributed by atoms with van der Waals surface area (Å²) in [4.78, 5) is 0. The zero-order valence-electron chi connectivity index (χ0n) is 15.0. The summed E-state index contributed by atoms with van der Waals surface area (Å²) in [6, 6.07) is 0. The summed E-state index contributed by atoms with van der Waals surface area (Å²) in [5.41, 5.74) is 5.42. The topological polar surface area (TPSA) is 164 Å². The van der Waals surface area contributed by atoms with Gasteiger partial charge in [0.25, 0.3) is 0 Å². The smallest absolute Gasteiger partial charge is 0.186 e. The Morgan fingerprint density at radius 1 is 0.923 bits per heavy atom. The summed E-state index contributed by atoms with van der Waals surface area (Å²) >= 11 is 0. The predicted molar refractivity (Wildman–Crippen MR) is 87.8 cm³/mol. The lowest BCUT2D eigenvalue weighted by molar-refractivity contribution is -0.349. The van der Waals surface area contributed by atoms with Crippen molar-refractivity contribution in [3.63, 3.8) is 0 Å². The number of ether oxygens (including phenoxy) is 4. The largest absolute Gasteiger partial charge is 0.394 e. The molecule has 2 aliphatic heterocycles. The molecule has 0 saturated carbocycles. The van der Waals surface area contributed by atoms with Gasteiger partial charge < -0.3 is 50.2 Å². The van der Waals surface area contributed by atoms with Gasteiger partial charge in [-0.15, -0.1) is 0 Å². The van der Waals surface area contributed by atoms with Gasteiger partial charge in [-0.25, -0.2) is 0 Å². The molecule has 0 aromatic rings. The van der Waals surface area contributed by atoms with Crippen LogP contribution in [-0.4, -0.2) is 101 Å². The Balaban J connectivity index is 2.06. The summed E-state index contributed by atoms with van der Waals surface area (Å²) in [6.45, 7) is 3.42. The van der Waals surface area contributed by atoms with Crippen molar-refractivity contribution in [2.75, 3.05) is 19.8 Å². The van der Waals surface area contributed by atoms with Gasteiger partial charge in [0.1, 0.15) is 30.5 Å². The van der Waals surface area contributed by atoms with Gasteiger partial charge in [0.2, 0.25) is 0 Å². The van der Waals surface area contributed by atoms with Crippen molar-refractivity contribution in [2.45, 2.75) is 75.6 Å². The lowest BCUT2D eigenvalue weighted by Gasteiger charge is -2.46. The molecular formula is C16H31NO9. The SMILES string of the molecule is CC1[C@@H](O[C@@H]2C(O)[C@H](OCCCN)OC(C)[C@@H]2O)OC(CO)[C@H](O)[C@@H]1O. The van der Waals surface area contributed by atoms with E-state index in [-0.39, 0.29) is 6.61 Å². The Kier molecular flexibility index (Phi) is 8.16. The molecule has 0 spiro atoms. The van der Waals surface area contributed by atoms with E-state index in [0.29, 0.717) is 13.0 Å². The average Bonchev–Trinajstić information content (AvgIpc) is 2.63. The molecule has 7 N–H and O–H groups in total. The Morgan fingerprint density at radius 3 is 2.23 bits per heavy atom. The number of rotatable bonds is 7. The van der Waals surface area contributed by atoms with Crippen molar-refractivity contribution < 1.29 is 44.5 Å². The minimum atomic E-state index is -1.30. The van der Waals surface area contributed by atoms with Crippen LogP contribution in [0.3, 0.4) is 0 Å². The van der Waals surface area contributed by atoms with Crippen molar-refractivity contribution in [1.29, 1.82) is 0 Å². The molecule has 26 heavy (non-hydrogen) atoms. The second kappa shape index (κ2) is 9.69. The van der Waals surface area contributed by atoms with Gasteiger partial charge in [0.15, 0.2) is 12.6 Å². The molecule has 4 unspecified atom stereocenters. The lowest BCUT2D eigenvalue weighted by Crippen LogP contribution is -2.62. The Hall–Kier alpha value is -0.400. The van der Waals surface area contributed by atoms with Gasteiger partial charge in [-0.1, -0.05) is 6.92 Å². The second-order valence-corrected chi connectivity index (χ2v) is 6.87. The van der Waals surface area contributed by atoms with E-state index in [1.54, 1.807) is 13.8 Å². The molecule has 0 aliphatic carbocycles. The van der Waals surface area contributed by atoms with Crippen LogP contribution in [0.4, 0.5) is 0 Å². The van der Waals surface area contributed by atoms with E-state index < -0.39 is 67.8 Å². The fourth-order valence-electron chi connectivity index (χ4n) is 3.11. The minimum Gasteiger partial charge on any atom is -0.394 e. The zero-order chi connectivity index (χ0) is 19.4. The van der Waals surface area contributed by atoms with Crippen LogP contribution in [0.5, 0.6) is 0 Å². The third kappa shape index (κ3) is 4.71. The van der Waals surface area contributed by atoms with Crippen molar-refractivity contribution in [2.24, 2.45) is 11.7 Å². The van der Waals surface area contributed by atoms with Crippen molar-refractivity contribution in [1.82, 2.24) is 0 Å². The maximum absolute atomic E-state index is 10.5. The van der Waals surface area contributed by atoms with Gasteiger partial charge in [-0.2, -0.15) is 0 Å². The summed E-state index contributed by atoms with van der Waals surface area (Å²) < 4.78 is 22.2. The fourth-order valence-corrected chi connectivity index (χ4v) is 3.11. The molecule has 10 nitrogen and oxygen atoms in total. The summed E-state index contributed by atoms with van der Waals surface area (Å²) in [5, 5.41) is 50.2. The quantitative estimate of drug-likeness (QED) is 0.255. The van der Waals surface area contributed by atoms with Crippen LogP contribution < -0.4 is 5.73 Å². The van der Waals surface area contributed by atoms with Crippen LogP contribution in [0, 0.1) is 5.92 Å². The molecule has 10 heteroatoms. The summed E-state index contributed by atoms with van der Waals surface area (Å²) in [6.07, 6.45) is -9.18. The van der Waals surface area contributed by atoms with Crippen molar-refractivity contribution in [3.05, 3.63) is 0 Å². The first-order valence-electron chi connectivity index (χ1n) is 8.93. The normalized spacial score (nSPS) is 47.1. The third-order valence-corrected chi connectivity index (χ3v) is 4.89. The minimum absolute atomic E-state index is 0.279. The number of aliphatic hydroxyl groups is 5. The molecule has 0 aromatic carbocycles. The first kappa shape index (κ1) is 21.9. The van der Waals surface area contributed by atoms with Crippen LogP contribution in [0.15, 0.2) is 0 Å². The number of nitrogens with two attached hydrogens (primary N) is 1. The molecular weight excluding hydrogens is 350 g/mol. The van der Waals surface area contributed by atoms with Gasteiger partial charge in [0, 0.05) is 5.92 Å². The molecule has 154 valence electrons. The average molecular weight is 381 g/mol. The third-order valence-electron chi connectivity index (χ3n) is 4.89. The Bertz CT molecular complexity index is 427. The number of aliphatic hydroxyl groups excluding tert-OH is 5. The Labute approximate surface area is 152 Å². The van der Waals surface area contributed by atoms with Crippen LogP contribution in [0.25, 0.3) is 0 Å². The zero-order valence-corrected chi connectivity index (χ0v) is 15.0. The molecule has 0 bridgehead atoms. The highest BCUT2D eigenvalue weighted by Crippen LogP contribution is 2.31. The molecule has 2 heterocycles. The molecule has 0 amide bonds. The van der Waals surface area contributed by atoms with E-state index in [0.717, 1.165) is 0 Å². The highest BCUT2D eigenvalue weighted by molar-refractivity contribution is 4.92. The van der Waals surface area contributed by atoms with Gasteiger partial charge in [-0.05, 0) is 19.9 Å². The number of hydrogen-bond donors (Lipinski definition) is 6. The van der Waals surface area contributed by atoms with E-state index in [1.165, 1.54) is 0 Å². The van der Waals surface area contributed by atoms with E-state index >= 15 is 0 Å². The van der Waals surface area contributed by atoms with Gasteiger partial charge >= 0.3 is 0 Å². The molecule has 2 aliphatic rings. The number of hydrogen-bond acceptors (Lipinski definition) is 10. The fraction of sp³-hybridized carbons (Fsp3) is 1.00. The maximum Gasteiger partial charge on any atom is 0.186 e. The van der Waals surface area contributed by atoms with Gasteiger partial charge in [-0.3, -0.25) is 0 Å². The van der Waals surface area contributed by atoms with Crippen LogP contribution in [-0.2, 0) is 18.9 Å². The Morgan fingerprint density at radius 2 is 1.62 bits per heavy atom. The van der Waals surface area contributed by atoms with Crippen molar-refractivity contribution >= 4 is 0 Å². The lowest BCUT2D eigenvalue weighted by atomic mass is 9.92. The van der Waals surface area contributed by atoms with Crippen LogP contribution >= 0.6 is 0 Å².